The lowest BCUT2D eigenvalue weighted by Gasteiger charge is -2.07. The Morgan fingerprint density at radius 1 is 1.33 bits per heavy atom. The molecule has 0 N–H and O–H groups in total. The topological polar surface area (TPSA) is 34.1 Å². The molecule has 0 amide bonds. The Bertz CT molecular complexity index is 321. The van der Waals surface area contributed by atoms with Crippen LogP contribution in [-0.4, -0.2) is 11.6 Å². The zero-order valence-corrected chi connectivity index (χ0v) is 7.60. The lowest BCUT2D eigenvalue weighted by Crippen LogP contribution is -2.22. The molecule has 0 spiro atoms. The van der Waals surface area contributed by atoms with E-state index in [0.29, 0.717) is 6.42 Å². The van der Waals surface area contributed by atoms with Gasteiger partial charge < -0.3 is 0 Å². The number of rotatable bonds is 0. The average molecular weight is 164 g/mol. The predicted octanol–water partition coefficient (Wildman–Crippen LogP) is 1.50. The second-order valence-electron chi connectivity index (χ2n) is 4.21. The summed E-state index contributed by atoms with van der Waals surface area (Å²) in [5, 5.41) is 0. The van der Waals surface area contributed by atoms with Crippen LogP contribution in [0.3, 0.4) is 0 Å². The van der Waals surface area contributed by atoms with Crippen molar-refractivity contribution in [1.82, 2.24) is 0 Å². The van der Waals surface area contributed by atoms with Crippen molar-refractivity contribution in [3.8, 4) is 0 Å². The smallest absolute Gasteiger partial charge is 0.169 e. The Kier molecular flexibility index (Phi) is 1.20. The van der Waals surface area contributed by atoms with Crippen LogP contribution >= 0.6 is 0 Å². The van der Waals surface area contributed by atoms with E-state index in [-0.39, 0.29) is 22.9 Å². The van der Waals surface area contributed by atoms with Crippen molar-refractivity contribution in [2.45, 2.75) is 27.2 Å². The summed E-state index contributed by atoms with van der Waals surface area (Å²) in [6, 6.07) is 0. The van der Waals surface area contributed by atoms with Crippen molar-refractivity contribution in [3.05, 3.63) is 11.1 Å². The maximum absolute atomic E-state index is 11.5. The molecule has 2 heteroatoms. The minimum Gasteiger partial charge on any atom is -0.299 e. The molecule has 12 heavy (non-hydrogen) atoms. The van der Waals surface area contributed by atoms with Crippen LogP contribution in [0.2, 0.25) is 0 Å². The van der Waals surface area contributed by atoms with Crippen molar-refractivity contribution in [1.29, 1.82) is 0 Å². The lowest BCUT2D eigenvalue weighted by molar-refractivity contribution is -0.129. The van der Waals surface area contributed by atoms with Crippen LogP contribution in [0, 0.1) is 11.3 Å². The van der Waals surface area contributed by atoms with Gasteiger partial charge in [-0.05, 0) is 12.5 Å². The molecule has 1 unspecified atom stereocenters. The summed E-state index contributed by atoms with van der Waals surface area (Å²) < 4.78 is 0. The van der Waals surface area contributed by atoms with E-state index in [4.69, 9.17) is 0 Å². The van der Waals surface area contributed by atoms with Gasteiger partial charge >= 0.3 is 0 Å². The second kappa shape index (κ2) is 1.87. The van der Waals surface area contributed by atoms with Crippen LogP contribution in [0.25, 0.3) is 0 Å². The van der Waals surface area contributed by atoms with Gasteiger partial charge in [-0.2, -0.15) is 0 Å². The first-order chi connectivity index (χ1) is 5.46. The molecule has 2 aliphatic carbocycles. The molecule has 0 aromatic rings. The number of carbonyl (C=O) groups excluding carboxylic acids is 2. The highest BCUT2D eigenvalue weighted by Gasteiger charge is 2.54. The SMILES string of the molecule is CC1C(=O)CC2=C(C1=O)C2(C)C. The van der Waals surface area contributed by atoms with E-state index in [9.17, 15) is 9.59 Å². The maximum Gasteiger partial charge on any atom is 0.169 e. The Hall–Kier alpha value is -0.920. The molecule has 0 bridgehead atoms. The summed E-state index contributed by atoms with van der Waals surface area (Å²) in [4.78, 5) is 22.8. The largest absolute Gasteiger partial charge is 0.299 e. The summed E-state index contributed by atoms with van der Waals surface area (Å²) >= 11 is 0. The fraction of sp³-hybridized carbons (Fsp3) is 0.600. The molecule has 0 aromatic heterocycles. The third-order valence-electron chi connectivity index (χ3n) is 3.09. The van der Waals surface area contributed by atoms with E-state index < -0.39 is 0 Å². The van der Waals surface area contributed by atoms with Gasteiger partial charge in [-0.1, -0.05) is 13.8 Å². The van der Waals surface area contributed by atoms with E-state index in [1.54, 1.807) is 6.92 Å². The average Bonchev–Trinajstić information content (AvgIpc) is 2.49. The first-order valence-corrected chi connectivity index (χ1v) is 4.27. The molecule has 0 heterocycles. The van der Waals surface area contributed by atoms with Crippen molar-refractivity contribution in [3.63, 3.8) is 0 Å². The molecule has 0 aliphatic heterocycles. The van der Waals surface area contributed by atoms with Gasteiger partial charge in [0.05, 0.1) is 5.92 Å². The van der Waals surface area contributed by atoms with Gasteiger partial charge in [0.2, 0.25) is 0 Å². The number of ketones is 2. The van der Waals surface area contributed by atoms with Crippen LogP contribution in [0.1, 0.15) is 27.2 Å². The van der Waals surface area contributed by atoms with Gasteiger partial charge in [-0.15, -0.1) is 0 Å². The van der Waals surface area contributed by atoms with Crippen molar-refractivity contribution in [2.75, 3.05) is 0 Å². The molecule has 64 valence electrons. The lowest BCUT2D eigenvalue weighted by atomic mass is 9.93. The molecule has 2 nitrogen and oxygen atoms in total. The van der Waals surface area contributed by atoms with E-state index in [1.165, 1.54) is 0 Å². The molecule has 0 fully saturated rings. The minimum absolute atomic E-state index is 0.0580. The third kappa shape index (κ3) is 0.701. The maximum atomic E-state index is 11.5. The Morgan fingerprint density at radius 3 is 2.50 bits per heavy atom. The number of allylic oxidation sites excluding steroid dienone is 2. The van der Waals surface area contributed by atoms with Gasteiger partial charge in [0.1, 0.15) is 5.78 Å². The molecule has 2 aliphatic rings. The molecule has 1 atom stereocenters. The summed E-state index contributed by atoms with van der Waals surface area (Å²) in [5.41, 5.74) is 1.95. The molecule has 0 saturated heterocycles. The Morgan fingerprint density at radius 2 is 1.92 bits per heavy atom. The molecule has 0 saturated carbocycles. The highest BCUT2D eigenvalue weighted by Crippen LogP contribution is 2.57. The van der Waals surface area contributed by atoms with Crippen molar-refractivity contribution in [2.24, 2.45) is 11.3 Å². The third-order valence-corrected chi connectivity index (χ3v) is 3.09. The Labute approximate surface area is 71.6 Å². The monoisotopic (exact) mass is 164 g/mol. The molecule has 0 aromatic carbocycles. The quantitative estimate of drug-likeness (QED) is 0.508. The van der Waals surface area contributed by atoms with Crippen molar-refractivity contribution < 1.29 is 9.59 Å². The molecular weight excluding hydrogens is 152 g/mol. The molecular formula is C10H12O2. The van der Waals surface area contributed by atoms with E-state index >= 15 is 0 Å². The standard InChI is InChI=1S/C10H12O2/c1-5-7(11)4-6-8(9(5)12)10(6,2)3/h5H,4H2,1-3H3. The number of carbonyl (C=O) groups is 2. The van der Waals surface area contributed by atoms with Crippen LogP contribution in [0.5, 0.6) is 0 Å². The first-order valence-electron chi connectivity index (χ1n) is 4.27. The van der Waals surface area contributed by atoms with Gasteiger partial charge in [0.25, 0.3) is 0 Å². The van der Waals surface area contributed by atoms with Gasteiger partial charge in [0, 0.05) is 17.4 Å². The number of hydrogen-bond donors (Lipinski definition) is 0. The van der Waals surface area contributed by atoms with E-state index in [2.05, 4.69) is 0 Å². The first kappa shape index (κ1) is 7.71. The van der Waals surface area contributed by atoms with E-state index in [0.717, 1.165) is 11.1 Å². The highest BCUT2D eigenvalue weighted by molar-refractivity contribution is 6.18. The zero-order valence-electron chi connectivity index (χ0n) is 7.60. The van der Waals surface area contributed by atoms with Gasteiger partial charge in [0.15, 0.2) is 5.78 Å². The van der Waals surface area contributed by atoms with Crippen molar-refractivity contribution >= 4 is 11.6 Å². The summed E-state index contributed by atoms with van der Waals surface area (Å²) in [6.45, 7) is 5.74. The predicted molar refractivity (Wildman–Crippen MR) is 44.6 cm³/mol. The second-order valence-corrected chi connectivity index (χ2v) is 4.21. The normalized spacial score (nSPS) is 32.1. The fourth-order valence-electron chi connectivity index (χ4n) is 2.00. The number of hydrogen-bond acceptors (Lipinski definition) is 2. The highest BCUT2D eigenvalue weighted by atomic mass is 16.2. The van der Waals surface area contributed by atoms with Crippen LogP contribution < -0.4 is 0 Å². The number of Topliss-reactive ketones (excluding diaryl/α,β-unsaturated/α-hetero) is 2. The summed E-state index contributed by atoms with van der Waals surface area (Å²) in [7, 11) is 0. The zero-order chi connectivity index (χ0) is 9.09. The Balaban J connectivity index is 2.38. The minimum atomic E-state index is -0.384. The van der Waals surface area contributed by atoms with Crippen LogP contribution in [-0.2, 0) is 9.59 Å². The van der Waals surface area contributed by atoms with Gasteiger partial charge in [-0.3, -0.25) is 9.59 Å². The van der Waals surface area contributed by atoms with Crippen LogP contribution in [0.4, 0.5) is 0 Å². The summed E-state index contributed by atoms with van der Waals surface area (Å²) in [5.74, 6) is -0.235. The molecule has 0 radical (unpaired) electrons. The molecule has 2 rings (SSSR count). The summed E-state index contributed by atoms with van der Waals surface area (Å²) in [6.07, 6.45) is 0.509. The van der Waals surface area contributed by atoms with Gasteiger partial charge in [-0.25, -0.2) is 0 Å². The van der Waals surface area contributed by atoms with Crippen LogP contribution in [0.15, 0.2) is 11.1 Å². The van der Waals surface area contributed by atoms with E-state index in [1.807, 2.05) is 13.8 Å². The fourth-order valence-corrected chi connectivity index (χ4v) is 2.00.